The van der Waals surface area contributed by atoms with Crippen molar-refractivity contribution in [3.05, 3.63) is 41.2 Å². The number of hydrogen-bond acceptors (Lipinski definition) is 12. The minimum absolute atomic E-state index is 0.0759. The van der Waals surface area contributed by atoms with Crippen LogP contribution in [0, 0.1) is 5.92 Å². The first-order chi connectivity index (χ1) is 25.5. The third kappa shape index (κ3) is 15.8. The van der Waals surface area contributed by atoms with E-state index in [1.54, 1.807) is 12.1 Å². The van der Waals surface area contributed by atoms with Crippen molar-refractivity contribution in [2.45, 2.75) is 159 Å². The van der Waals surface area contributed by atoms with Crippen molar-refractivity contribution in [2.75, 3.05) is 19.8 Å². The lowest BCUT2D eigenvalue weighted by molar-refractivity contribution is -0.217. The average molecular weight is 750 g/mol. The number of phenols is 1. The lowest BCUT2D eigenvalue weighted by Gasteiger charge is -2.26. The van der Waals surface area contributed by atoms with Crippen molar-refractivity contribution in [3.63, 3.8) is 0 Å². The SMILES string of the molecule is O=C(CCCCCCCCCC(=O)C1=C(O)C(Cc2ccc(O)cc2)NC1=O)CCCCCCCCCC(O)CO[C@@H]1OC[C@H](CO)[C@@H](O)[C@H](O)[C@H]1O. The summed E-state index contributed by atoms with van der Waals surface area (Å²) >= 11 is 0. The molecule has 0 bridgehead atoms. The molecule has 1 aromatic rings. The zero-order chi connectivity index (χ0) is 38.6. The number of rotatable bonds is 27. The second-order valence-electron chi connectivity index (χ2n) is 14.7. The third-order valence-corrected chi connectivity index (χ3v) is 10.2. The molecule has 0 radical (unpaired) electrons. The van der Waals surface area contributed by atoms with E-state index in [4.69, 9.17) is 9.47 Å². The maximum atomic E-state index is 12.7. The van der Waals surface area contributed by atoms with Crippen LogP contribution in [0.15, 0.2) is 35.6 Å². The summed E-state index contributed by atoms with van der Waals surface area (Å²) < 4.78 is 10.8. The summed E-state index contributed by atoms with van der Waals surface area (Å²) in [5.74, 6) is -1.36. The van der Waals surface area contributed by atoms with Gasteiger partial charge in [-0.1, -0.05) is 82.8 Å². The van der Waals surface area contributed by atoms with Crippen LogP contribution >= 0.6 is 0 Å². The van der Waals surface area contributed by atoms with Crippen molar-refractivity contribution in [2.24, 2.45) is 5.92 Å². The fourth-order valence-corrected chi connectivity index (χ4v) is 6.86. The first-order valence-electron chi connectivity index (χ1n) is 19.6. The van der Waals surface area contributed by atoms with Gasteiger partial charge in [0.2, 0.25) is 0 Å². The van der Waals surface area contributed by atoms with Gasteiger partial charge in [0.05, 0.1) is 38.1 Å². The monoisotopic (exact) mass is 749 g/mol. The molecule has 0 aliphatic carbocycles. The second-order valence-corrected chi connectivity index (χ2v) is 14.7. The van der Waals surface area contributed by atoms with Crippen LogP contribution in [0.5, 0.6) is 5.75 Å². The van der Waals surface area contributed by atoms with E-state index >= 15 is 0 Å². The number of benzene rings is 1. The molecule has 1 saturated heterocycles. The molecule has 1 aromatic carbocycles. The van der Waals surface area contributed by atoms with Gasteiger partial charge in [-0.25, -0.2) is 0 Å². The Balaban J connectivity index is 1.09. The first kappa shape index (κ1) is 44.5. The fourth-order valence-electron chi connectivity index (χ4n) is 6.86. The van der Waals surface area contributed by atoms with Gasteiger partial charge in [-0.2, -0.15) is 0 Å². The Morgan fingerprint density at radius 1 is 0.774 bits per heavy atom. The lowest BCUT2D eigenvalue weighted by Crippen LogP contribution is -2.46. The third-order valence-electron chi connectivity index (χ3n) is 10.2. The molecule has 2 unspecified atom stereocenters. The molecule has 1 fully saturated rings. The number of unbranched alkanes of at least 4 members (excludes halogenated alkanes) is 12. The molecule has 2 aliphatic rings. The van der Waals surface area contributed by atoms with Gasteiger partial charge in [-0.15, -0.1) is 0 Å². The van der Waals surface area contributed by atoms with Crippen LogP contribution < -0.4 is 5.32 Å². The number of hydrogen-bond donors (Lipinski definition) is 8. The zero-order valence-electron chi connectivity index (χ0n) is 31.1. The van der Waals surface area contributed by atoms with Crippen LogP contribution in [0.4, 0.5) is 0 Å². The highest BCUT2D eigenvalue weighted by atomic mass is 16.7. The molecule has 0 saturated carbocycles. The molecular formula is C40H63NO12. The van der Waals surface area contributed by atoms with Gasteiger partial charge in [0, 0.05) is 25.2 Å². The molecule has 7 atom stereocenters. The van der Waals surface area contributed by atoms with Crippen molar-refractivity contribution >= 4 is 17.5 Å². The Hall–Kier alpha value is -2.91. The molecule has 0 aromatic heterocycles. The number of phenolic OH excluding ortho intramolecular Hbond substituents is 1. The standard InChI is InChI=1S/C40H63NO12/c42-24-28-25-52-40(38(50)37(49)35(28)47)53-26-31(45)17-13-9-5-1-3-7-11-15-29(43)16-12-8-4-2-6-10-14-18-33(46)34-36(48)32(41-39(34)51)23-27-19-21-30(44)22-20-27/h19-22,28,31-32,35,37-38,40,42,44-45,47-50H,1-18,23-26H2,(H,41,51)/t28-,31?,32?,35+,37-,38+,40-/m0/s1. The zero-order valence-corrected chi connectivity index (χ0v) is 31.1. The quantitative estimate of drug-likeness (QED) is 0.0475. The minimum Gasteiger partial charge on any atom is -0.509 e. The summed E-state index contributed by atoms with van der Waals surface area (Å²) in [7, 11) is 0. The highest BCUT2D eigenvalue weighted by Gasteiger charge is 2.40. The molecule has 2 aliphatic heterocycles. The van der Waals surface area contributed by atoms with Crippen LogP contribution in [-0.4, -0.2) is 110 Å². The number of aliphatic hydroxyl groups excluding tert-OH is 6. The highest BCUT2D eigenvalue weighted by molar-refractivity contribution is 6.21. The topological polar surface area (TPSA) is 223 Å². The van der Waals surface area contributed by atoms with E-state index in [9.17, 15) is 50.1 Å². The van der Waals surface area contributed by atoms with Gasteiger partial charge in [0.1, 0.15) is 35.1 Å². The second kappa shape index (κ2) is 24.5. The molecule has 8 N–H and O–H groups in total. The Morgan fingerprint density at radius 2 is 1.32 bits per heavy atom. The summed E-state index contributed by atoms with van der Waals surface area (Å²) in [6.45, 7) is -0.558. The van der Waals surface area contributed by atoms with Crippen molar-refractivity contribution in [1.82, 2.24) is 5.32 Å². The van der Waals surface area contributed by atoms with Crippen LogP contribution in [0.1, 0.15) is 121 Å². The maximum absolute atomic E-state index is 12.7. The predicted octanol–water partition coefficient (Wildman–Crippen LogP) is 3.83. The van der Waals surface area contributed by atoms with Gasteiger partial charge in [0.25, 0.3) is 5.91 Å². The molecule has 13 nitrogen and oxygen atoms in total. The predicted molar refractivity (Wildman–Crippen MR) is 197 cm³/mol. The summed E-state index contributed by atoms with van der Waals surface area (Å²) in [6, 6.07) is 5.85. The smallest absolute Gasteiger partial charge is 0.259 e. The summed E-state index contributed by atoms with van der Waals surface area (Å²) in [5.41, 5.74) is 0.688. The highest BCUT2D eigenvalue weighted by Crippen LogP contribution is 2.24. The molecule has 3 rings (SSSR count). The Bertz CT molecular complexity index is 1270. The average Bonchev–Trinajstić information content (AvgIpc) is 3.37. The number of ether oxygens (including phenoxy) is 2. The molecule has 2 heterocycles. The van der Waals surface area contributed by atoms with Crippen molar-refractivity contribution in [3.8, 4) is 5.75 Å². The number of Topliss-reactive ketones (excluding diaryl/α,β-unsaturated/α-hetero) is 2. The van der Waals surface area contributed by atoms with E-state index in [1.165, 1.54) is 12.1 Å². The summed E-state index contributed by atoms with van der Waals surface area (Å²) in [4.78, 5) is 37.3. The number of aromatic hydroxyl groups is 1. The van der Waals surface area contributed by atoms with E-state index in [0.717, 1.165) is 89.0 Å². The number of ketones is 2. The van der Waals surface area contributed by atoms with E-state index in [0.29, 0.717) is 37.9 Å². The summed E-state index contributed by atoms with van der Waals surface area (Å²) in [5, 5.41) is 72.4. The fraction of sp³-hybridized carbons (Fsp3) is 0.725. The van der Waals surface area contributed by atoms with Gasteiger partial charge >= 0.3 is 0 Å². The Morgan fingerprint density at radius 3 is 1.91 bits per heavy atom. The minimum atomic E-state index is -1.52. The van der Waals surface area contributed by atoms with Crippen LogP contribution in [0.25, 0.3) is 0 Å². The molecule has 0 spiro atoms. The van der Waals surface area contributed by atoms with E-state index in [1.807, 2.05) is 0 Å². The molecule has 13 heteroatoms. The number of nitrogens with one attached hydrogen (secondary N) is 1. The van der Waals surface area contributed by atoms with Crippen molar-refractivity contribution < 1.29 is 59.6 Å². The summed E-state index contributed by atoms with van der Waals surface area (Å²) in [6.07, 6.45) is 9.37. The Labute approximate surface area is 313 Å². The van der Waals surface area contributed by atoms with Crippen LogP contribution in [0.2, 0.25) is 0 Å². The van der Waals surface area contributed by atoms with E-state index in [-0.39, 0.29) is 42.5 Å². The van der Waals surface area contributed by atoms with E-state index in [2.05, 4.69) is 5.32 Å². The Kier molecular flexibility index (Phi) is 20.6. The number of carbonyl (C=O) groups excluding carboxylic acids is 3. The van der Waals surface area contributed by atoms with Gasteiger partial charge < -0.3 is 50.5 Å². The molecule has 1 amide bonds. The lowest BCUT2D eigenvalue weighted by atomic mass is 9.97. The van der Waals surface area contributed by atoms with Gasteiger partial charge in [0.15, 0.2) is 12.1 Å². The first-order valence-corrected chi connectivity index (χ1v) is 19.6. The largest absolute Gasteiger partial charge is 0.509 e. The maximum Gasteiger partial charge on any atom is 0.259 e. The van der Waals surface area contributed by atoms with Crippen LogP contribution in [0.3, 0.4) is 0 Å². The van der Waals surface area contributed by atoms with Crippen molar-refractivity contribution in [1.29, 1.82) is 0 Å². The van der Waals surface area contributed by atoms with Gasteiger partial charge in [-0.05, 0) is 49.8 Å². The molecule has 300 valence electrons. The molecular weight excluding hydrogens is 686 g/mol. The number of aliphatic hydroxyl groups is 6. The van der Waals surface area contributed by atoms with Gasteiger partial charge in [-0.3, -0.25) is 14.4 Å². The normalized spacial score (nSPS) is 23.9. The molecule has 53 heavy (non-hydrogen) atoms. The van der Waals surface area contributed by atoms with Crippen LogP contribution in [-0.2, 0) is 30.3 Å². The number of amides is 1. The van der Waals surface area contributed by atoms with E-state index < -0.39 is 55.2 Å². The number of carbonyl (C=O) groups is 3.